The van der Waals surface area contributed by atoms with E-state index in [4.69, 9.17) is 0 Å². The van der Waals surface area contributed by atoms with Crippen LogP contribution < -0.4 is 10.2 Å². The summed E-state index contributed by atoms with van der Waals surface area (Å²) in [6.07, 6.45) is -0.206. The zero-order valence-corrected chi connectivity index (χ0v) is 16.6. The van der Waals surface area contributed by atoms with Crippen molar-refractivity contribution in [2.24, 2.45) is 0 Å². The Bertz CT molecular complexity index is 1040. The Morgan fingerprint density at radius 3 is 2.57 bits per heavy atom. The summed E-state index contributed by atoms with van der Waals surface area (Å²) in [7, 11) is 2.03. The highest BCUT2D eigenvalue weighted by Gasteiger charge is 2.30. The van der Waals surface area contributed by atoms with Crippen molar-refractivity contribution in [3.8, 4) is 0 Å². The van der Waals surface area contributed by atoms with Crippen molar-refractivity contribution < 1.29 is 18.0 Å². The van der Waals surface area contributed by atoms with Gasteiger partial charge in [0.25, 0.3) is 0 Å². The Balaban J connectivity index is 1.35. The molecular formula is C22H23F3N4O. The SMILES string of the molecule is CN(c1nc2ccc(NC(=O)CCc3ccc(C(F)(F)F)cc3)cc2[nH]1)C1CCC1. The molecule has 0 saturated heterocycles. The van der Waals surface area contributed by atoms with Gasteiger partial charge in [-0.1, -0.05) is 12.1 Å². The van der Waals surface area contributed by atoms with Gasteiger partial charge >= 0.3 is 6.18 Å². The number of anilines is 2. The number of rotatable bonds is 6. The van der Waals surface area contributed by atoms with Crippen LogP contribution in [0.1, 0.15) is 36.8 Å². The lowest BCUT2D eigenvalue weighted by molar-refractivity contribution is -0.137. The summed E-state index contributed by atoms with van der Waals surface area (Å²) in [4.78, 5) is 22.3. The first-order valence-corrected chi connectivity index (χ1v) is 9.98. The second-order valence-corrected chi connectivity index (χ2v) is 7.73. The van der Waals surface area contributed by atoms with Gasteiger partial charge in [0.15, 0.2) is 0 Å². The first-order chi connectivity index (χ1) is 14.3. The number of aromatic nitrogens is 2. The van der Waals surface area contributed by atoms with Gasteiger partial charge in [0.05, 0.1) is 16.6 Å². The minimum atomic E-state index is -4.35. The zero-order chi connectivity index (χ0) is 21.3. The number of aromatic amines is 1. The number of fused-ring (bicyclic) bond motifs is 1. The number of hydrogen-bond donors (Lipinski definition) is 2. The van der Waals surface area contributed by atoms with E-state index >= 15 is 0 Å². The van der Waals surface area contributed by atoms with E-state index in [1.54, 1.807) is 6.07 Å². The summed E-state index contributed by atoms with van der Waals surface area (Å²) in [5.41, 5.74) is 2.33. The molecule has 0 aliphatic heterocycles. The molecule has 1 aliphatic rings. The third kappa shape index (κ3) is 4.42. The molecule has 0 atom stereocenters. The second kappa shape index (κ2) is 8.01. The highest BCUT2D eigenvalue weighted by Crippen LogP contribution is 2.30. The Kier molecular flexibility index (Phi) is 5.40. The zero-order valence-electron chi connectivity index (χ0n) is 16.6. The van der Waals surface area contributed by atoms with Crippen molar-refractivity contribution in [2.75, 3.05) is 17.3 Å². The van der Waals surface area contributed by atoms with Crippen LogP contribution in [0, 0.1) is 0 Å². The van der Waals surface area contributed by atoms with Gasteiger partial charge in [-0.2, -0.15) is 13.2 Å². The molecule has 30 heavy (non-hydrogen) atoms. The van der Waals surface area contributed by atoms with Crippen LogP contribution in [-0.2, 0) is 17.4 Å². The van der Waals surface area contributed by atoms with Crippen LogP contribution in [0.5, 0.6) is 0 Å². The predicted molar refractivity (Wildman–Crippen MR) is 111 cm³/mol. The second-order valence-electron chi connectivity index (χ2n) is 7.73. The maximum Gasteiger partial charge on any atom is 0.416 e. The fraction of sp³-hybridized carbons (Fsp3) is 0.364. The number of nitrogens with zero attached hydrogens (tertiary/aromatic N) is 2. The van der Waals surface area contributed by atoms with Crippen LogP contribution in [0.25, 0.3) is 11.0 Å². The van der Waals surface area contributed by atoms with Gasteiger partial charge in [-0.05, 0) is 61.6 Å². The summed E-state index contributed by atoms with van der Waals surface area (Å²) in [6, 6.07) is 10.9. The molecule has 8 heteroatoms. The molecule has 0 radical (unpaired) electrons. The molecule has 1 aliphatic carbocycles. The summed E-state index contributed by atoms with van der Waals surface area (Å²) in [5, 5.41) is 2.84. The molecule has 1 aromatic heterocycles. The molecule has 4 rings (SSSR count). The van der Waals surface area contributed by atoms with E-state index in [1.807, 2.05) is 19.2 Å². The standard InChI is InChI=1S/C22H23F3N4O/c1-29(17-3-2-4-17)21-27-18-11-10-16(13-19(18)28-21)26-20(30)12-7-14-5-8-15(9-6-14)22(23,24)25/h5-6,8-11,13,17H,2-4,7,12H2,1H3,(H,26,30)(H,27,28). The van der Waals surface area contributed by atoms with E-state index in [-0.39, 0.29) is 12.3 Å². The van der Waals surface area contributed by atoms with Crippen LogP contribution in [0.3, 0.4) is 0 Å². The van der Waals surface area contributed by atoms with Gasteiger partial charge in [0, 0.05) is 25.2 Å². The van der Waals surface area contributed by atoms with Crippen molar-refractivity contribution in [1.82, 2.24) is 9.97 Å². The maximum atomic E-state index is 12.6. The fourth-order valence-corrected chi connectivity index (χ4v) is 3.53. The number of H-pyrrole nitrogens is 1. The molecule has 158 valence electrons. The van der Waals surface area contributed by atoms with E-state index in [2.05, 4.69) is 20.2 Å². The molecule has 1 saturated carbocycles. The van der Waals surface area contributed by atoms with E-state index in [0.717, 1.165) is 29.1 Å². The van der Waals surface area contributed by atoms with E-state index in [1.165, 1.54) is 31.4 Å². The molecular weight excluding hydrogens is 393 g/mol. The molecule has 3 aromatic rings. The van der Waals surface area contributed by atoms with Crippen molar-refractivity contribution in [3.63, 3.8) is 0 Å². The number of imidazole rings is 1. The average molecular weight is 416 g/mol. The van der Waals surface area contributed by atoms with Gasteiger partial charge in [0.1, 0.15) is 0 Å². The number of aryl methyl sites for hydroxylation is 1. The average Bonchev–Trinajstić information content (AvgIpc) is 3.08. The van der Waals surface area contributed by atoms with Crippen molar-refractivity contribution in [2.45, 2.75) is 44.3 Å². The smallest absolute Gasteiger partial charge is 0.342 e. The molecule has 1 amide bonds. The van der Waals surface area contributed by atoms with Gasteiger partial charge in [-0.15, -0.1) is 0 Å². The number of alkyl halides is 3. The number of carbonyl (C=O) groups excluding carboxylic acids is 1. The molecule has 5 nitrogen and oxygen atoms in total. The lowest BCUT2D eigenvalue weighted by Gasteiger charge is -2.34. The highest BCUT2D eigenvalue weighted by molar-refractivity contribution is 5.93. The number of halogens is 3. The summed E-state index contributed by atoms with van der Waals surface area (Å²) >= 11 is 0. The van der Waals surface area contributed by atoms with Gasteiger partial charge < -0.3 is 15.2 Å². The number of nitrogens with one attached hydrogen (secondary N) is 2. The van der Waals surface area contributed by atoms with Gasteiger partial charge in [-0.25, -0.2) is 4.98 Å². The molecule has 0 spiro atoms. The van der Waals surface area contributed by atoms with Gasteiger partial charge in [-0.3, -0.25) is 4.79 Å². The molecule has 1 fully saturated rings. The first kappa shape index (κ1) is 20.3. The van der Waals surface area contributed by atoms with Crippen LogP contribution in [0.4, 0.5) is 24.8 Å². The number of amides is 1. The molecule has 2 aromatic carbocycles. The third-order valence-electron chi connectivity index (χ3n) is 5.63. The third-order valence-corrected chi connectivity index (χ3v) is 5.63. The van der Waals surface area contributed by atoms with Gasteiger partial charge in [0.2, 0.25) is 11.9 Å². The first-order valence-electron chi connectivity index (χ1n) is 9.98. The number of carbonyl (C=O) groups is 1. The minimum absolute atomic E-state index is 0.183. The van der Waals surface area contributed by atoms with Crippen LogP contribution >= 0.6 is 0 Å². The summed E-state index contributed by atoms with van der Waals surface area (Å²) < 4.78 is 37.9. The maximum absolute atomic E-state index is 12.6. The molecule has 1 heterocycles. The van der Waals surface area contributed by atoms with E-state index in [0.29, 0.717) is 23.7 Å². The van der Waals surface area contributed by atoms with Crippen molar-refractivity contribution >= 4 is 28.6 Å². The molecule has 0 unspecified atom stereocenters. The Morgan fingerprint density at radius 2 is 1.93 bits per heavy atom. The Morgan fingerprint density at radius 1 is 1.20 bits per heavy atom. The lowest BCUT2D eigenvalue weighted by atomic mass is 9.92. The fourth-order valence-electron chi connectivity index (χ4n) is 3.53. The Labute approximate surface area is 172 Å². The van der Waals surface area contributed by atoms with Crippen molar-refractivity contribution in [1.29, 1.82) is 0 Å². The highest BCUT2D eigenvalue weighted by atomic mass is 19.4. The Hall–Kier alpha value is -3.03. The number of benzene rings is 2. The summed E-state index contributed by atoms with van der Waals surface area (Å²) in [5.74, 6) is 0.626. The lowest BCUT2D eigenvalue weighted by Crippen LogP contribution is -2.37. The van der Waals surface area contributed by atoms with Crippen molar-refractivity contribution in [3.05, 3.63) is 53.6 Å². The largest absolute Gasteiger partial charge is 0.416 e. The summed E-state index contributed by atoms with van der Waals surface area (Å²) in [6.45, 7) is 0. The van der Waals surface area contributed by atoms with E-state index in [9.17, 15) is 18.0 Å². The molecule has 2 N–H and O–H groups in total. The monoisotopic (exact) mass is 416 g/mol. The predicted octanol–water partition coefficient (Wildman–Crippen LogP) is 5.14. The van der Waals surface area contributed by atoms with Crippen LogP contribution in [0.15, 0.2) is 42.5 Å². The van der Waals surface area contributed by atoms with Crippen LogP contribution in [0.2, 0.25) is 0 Å². The minimum Gasteiger partial charge on any atom is -0.342 e. The number of hydrogen-bond acceptors (Lipinski definition) is 3. The van der Waals surface area contributed by atoms with E-state index < -0.39 is 11.7 Å². The quantitative estimate of drug-likeness (QED) is 0.585. The van der Waals surface area contributed by atoms with Crippen LogP contribution in [-0.4, -0.2) is 29.0 Å². The molecule has 0 bridgehead atoms. The topological polar surface area (TPSA) is 61.0 Å². The normalized spacial score (nSPS) is 14.5.